The summed E-state index contributed by atoms with van der Waals surface area (Å²) in [5.74, 6) is 0. The van der Waals surface area contributed by atoms with Crippen LogP contribution in [0.1, 0.15) is 52.4 Å². The van der Waals surface area contributed by atoms with E-state index in [-0.39, 0.29) is 0 Å². The van der Waals surface area contributed by atoms with Crippen LogP contribution in [-0.4, -0.2) is 26.2 Å². The molecule has 0 spiro atoms. The van der Waals surface area contributed by atoms with Crippen molar-refractivity contribution >= 4 is 0 Å². The lowest BCUT2D eigenvalue weighted by atomic mass is 9.82. The van der Waals surface area contributed by atoms with Gasteiger partial charge in [0, 0.05) is 19.6 Å². The topological polar surface area (TPSA) is 24.1 Å². The van der Waals surface area contributed by atoms with E-state index in [0.717, 1.165) is 0 Å². The number of rotatable bonds is 7. The molecule has 0 amide bonds. The van der Waals surface area contributed by atoms with Crippen molar-refractivity contribution in [1.29, 1.82) is 0 Å². The molecule has 0 radical (unpaired) electrons. The molecule has 1 unspecified atom stereocenters. The van der Waals surface area contributed by atoms with E-state index in [9.17, 15) is 0 Å². The van der Waals surface area contributed by atoms with Crippen molar-refractivity contribution in [1.82, 2.24) is 10.6 Å². The van der Waals surface area contributed by atoms with E-state index in [0.29, 0.717) is 10.8 Å². The van der Waals surface area contributed by atoms with Gasteiger partial charge in [-0.05, 0) is 49.5 Å². The number of hydrogen-bond acceptors (Lipinski definition) is 2. The summed E-state index contributed by atoms with van der Waals surface area (Å²) in [7, 11) is 0. The molecule has 0 aromatic rings. The minimum absolute atomic E-state index is 0.568. The van der Waals surface area contributed by atoms with Crippen molar-refractivity contribution < 1.29 is 0 Å². The minimum atomic E-state index is 0.568. The molecule has 1 saturated carbocycles. The van der Waals surface area contributed by atoms with Crippen LogP contribution in [0.25, 0.3) is 0 Å². The van der Waals surface area contributed by atoms with Gasteiger partial charge in [0.2, 0.25) is 0 Å². The molecule has 1 heterocycles. The fourth-order valence-electron chi connectivity index (χ4n) is 3.20. The molecule has 2 N–H and O–H groups in total. The average Bonchev–Trinajstić information content (AvgIpc) is 2.92. The summed E-state index contributed by atoms with van der Waals surface area (Å²) in [6.07, 6.45) is 8.34. The lowest BCUT2D eigenvalue weighted by Crippen LogP contribution is -2.38. The second-order valence-electron chi connectivity index (χ2n) is 6.13. The number of hydrogen-bond donors (Lipinski definition) is 2. The molecule has 0 aromatic heterocycles. The van der Waals surface area contributed by atoms with Crippen molar-refractivity contribution in [2.45, 2.75) is 52.4 Å². The Morgan fingerprint density at radius 2 is 1.81 bits per heavy atom. The van der Waals surface area contributed by atoms with Crippen LogP contribution < -0.4 is 10.6 Å². The van der Waals surface area contributed by atoms with Gasteiger partial charge in [-0.3, -0.25) is 0 Å². The summed E-state index contributed by atoms with van der Waals surface area (Å²) in [5, 5.41) is 7.30. The molecule has 0 aromatic carbocycles. The zero-order chi connectivity index (χ0) is 11.5. The maximum atomic E-state index is 3.77. The molecule has 94 valence electrons. The summed E-state index contributed by atoms with van der Waals surface area (Å²) >= 11 is 0. The van der Waals surface area contributed by atoms with Crippen LogP contribution in [0.3, 0.4) is 0 Å². The Labute approximate surface area is 101 Å². The Kier molecular flexibility index (Phi) is 3.91. The molecule has 16 heavy (non-hydrogen) atoms. The molecule has 0 bridgehead atoms. The summed E-state index contributed by atoms with van der Waals surface area (Å²) in [4.78, 5) is 0. The summed E-state index contributed by atoms with van der Waals surface area (Å²) in [5.41, 5.74) is 1.26. The van der Waals surface area contributed by atoms with Gasteiger partial charge in [0.15, 0.2) is 0 Å². The smallest absolute Gasteiger partial charge is 0.00207 e. The predicted octanol–water partition coefficient (Wildman–Crippen LogP) is 2.55. The van der Waals surface area contributed by atoms with Crippen molar-refractivity contribution in [3.05, 3.63) is 0 Å². The summed E-state index contributed by atoms with van der Waals surface area (Å²) in [6.45, 7) is 9.60. The van der Waals surface area contributed by atoms with Gasteiger partial charge in [-0.25, -0.2) is 0 Å². The normalized spacial score (nSPS) is 31.9. The molecular formula is C14H28N2. The first-order chi connectivity index (χ1) is 7.74. The summed E-state index contributed by atoms with van der Waals surface area (Å²) in [6, 6.07) is 0. The molecule has 2 nitrogen and oxygen atoms in total. The molecule has 1 atom stereocenters. The van der Waals surface area contributed by atoms with E-state index < -0.39 is 0 Å². The van der Waals surface area contributed by atoms with Gasteiger partial charge in [0.05, 0.1) is 0 Å². The van der Waals surface area contributed by atoms with Crippen LogP contribution >= 0.6 is 0 Å². The molecule has 2 fully saturated rings. The molecule has 1 aliphatic heterocycles. The zero-order valence-electron chi connectivity index (χ0n) is 11.1. The van der Waals surface area contributed by atoms with Crippen LogP contribution in [0.2, 0.25) is 0 Å². The number of nitrogens with one attached hydrogen (secondary N) is 2. The second-order valence-corrected chi connectivity index (χ2v) is 6.13. The molecule has 2 rings (SSSR count). The third-order valence-corrected chi connectivity index (χ3v) is 4.82. The highest BCUT2D eigenvalue weighted by Crippen LogP contribution is 2.48. The lowest BCUT2D eigenvalue weighted by molar-refractivity contribution is 0.265. The van der Waals surface area contributed by atoms with Gasteiger partial charge in [0.1, 0.15) is 0 Å². The van der Waals surface area contributed by atoms with E-state index in [4.69, 9.17) is 0 Å². The third kappa shape index (κ3) is 2.78. The quantitative estimate of drug-likeness (QED) is 0.694. The Balaban J connectivity index is 1.74. The maximum Gasteiger partial charge on any atom is 0.00207 e. The Morgan fingerprint density at radius 3 is 2.31 bits per heavy atom. The fourth-order valence-corrected chi connectivity index (χ4v) is 3.20. The maximum absolute atomic E-state index is 3.77. The average molecular weight is 224 g/mol. The Bertz CT molecular complexity index is 215. The van der Waals surface area contributed by atoms with Gasteiger partial charge < -0.3 is 10.6 Å². The van der Waals surface area contributed by atoms with Crippen LogP contribution in [0, 0.1) is 10.8 Å². The predicted molar refractivity (Wildman–Crippen MR) is 69.7 cm³/mol. The van der Waals surface area contributed by atoms with Crippen molar-refractivity contribution in [2.75, 3.05) is 26.2 Å². The van der Waals surface area contributed by atoms with E-state index in [1.165, 1.54) is 64.7 Å². The summed E-state index contributed by atoms with van der Waals surface area (Å²) < 4.78 is 0. The van der Waals surface area contributed by atoms with E-state index in [2.05, 4.69) is 24.5 Å². The fraction of sp³-hybridized carbons (Fsp3) is 1.00. The van der Waals surface area contributed by atoms with Crippen LogP contribution in [0.5, 0.6) is 0 Å². The SMILES string of the molecule is CCCC1(CNCC2(CC)CC2)CCNC1. The van der Waals surface area contributed by atoms with Crippen molar-refractivity contribution in [3.8, 4) is 0 Å². The van der Waals surface area contributed by atoms with Gasteiger partial charge in [-0.15, -0.1) is 0 Å². The van der Waals surface area contributed by atoms with E-state index >= 15 is 0 Å². The molecule has 1 saturated heterocycles. The lowest BCUT2D eigenvalue weighted by Gasteiger charge is -2.29. The highest BCUT2D eigenvalue weighted by Gasteiger charge is 2.41. The highest BCUT2D eigenvalue weighted by atomic mass is 15.0. The molecule has 1 aliphatic carbocycles. The van der Waals surface area contributed by atoms with Crippen LogP contribution in [0.15, 0.2) is 0 Å². The second kappa shape index (κ2) is 5.05. The van der Waals surface area contributed by atoms with Crippen molar-refractivity contribution in [2.24, 2.45) is 10.8 Å². The van der Waals surface area contributed by atoms with E-state index in [1.54, 1.807) is 0 Å². The zero-order valence-corrected chi connectivity index (χ0v) is 11.1. The first kappa shape index (κ1) is 12.4. The van der Waals surface area contributed by atoms with E-state index in [1.807, 2.05) is 0 Å². The van der Waals surface area contributed by atoms with Gasteiger partial charge in [-0.2, -0.15) is 0 Å². The molecule has 2 heteroatoms. The monoisotopic (exact) mass is 224 g/mol. The Hall–Kier alpha value is -0.0800. The standard InChI is InChI=1S/C14H28N2/c1-3-5-14(8-9-15-11-14)12-16-10-13(4-2)6-7-13/h15-16H,3-12H2,1-2H3. The Morgan fingerprint density at radius 1 is 1.06 bits per heavy atom. The molecule has 2 aliphatic rings. The first-order valence-corrected chi connectivity index (χ1v) is 7.16. The van der Waals surface area contributed by atoms with Crippen molar-refractivity contribution in [3.63, 3.8) is 0 Å². The van der Waals surface area contributed by atoms with Gasteiger partial charge in [0.25, 0.3) is 0 Å². The first-order valence-electron chi connectivity index (χ1n) is 7.16. The minimum Gasteiger partial charge on any atom is -0.316 e. The third-order valence-electron chi connectivity index (χ3n) is 4.82. The highest BCUT2D eigenvalue weighted by molar-refractivity contribution is 4.95. The largest absolute Gasteiger partial charge is 0.316 e. The van der Waals surface area contributed by atoms with Gasteiger partial charge in [-0.1, -0.05) is 20.3 Å². The van der Waals surface area contributed by atoms with Gasteiger partial charge >= 0.3 is 0 Å². The van der Waals surface area contributed by atoms with Crippen LogP contribution in [-0.2, 0) is 0 Å². The molecular weight excluding hydrogens is 196 g/mol. The van der Waals surface area contributed by atoms with Crippen LogP contribution in [0.4, 0.5) is 0 Å².